The minimum atomic E-state index is -0.193. The van der Waals surface area contributed by atoms with E-state index >= 15 is 0 Å². The summed E-state index contributed by atoms with van der Waals surface area (Å²) in [7, 11) is 0. The maximum atomic E-state index is 9.22. The fourth-order valence-corrected chi connectivity index (χ4v) is 2.48. The lowest BCUT2D eigenvalue weighted by molar-refractivity contribution is 0.181. The van der Waals surface area contributed by atoms with Crippen molar-refractivity contribution in [1.82, 2.24) is 5.32 Å². The Bertz CT molecular complexity index is 332. The van der Waals surface area contributed by atoms with E-state index in [1.807, 2.05) is 6.92 Å². The summed E-state index contributed by atoms with van der Waals surface area (Å²) in [5.74, 6) is 0. The van der Waals surface area contributed by atoms with Gasteiger partial charge in [0.2, 0.25) is 0 Å². The third kappa shape index (κ3) is 4.00. The number of hydrogen-bond acceptors (Lipinski definition) is 3. The van der Waals surface area contributed by atoms with E-state index in [-0.39, 0.29) is 6.10 Å². The molecule has 18 heavy (non-hydrogen) atoms. The highest BCUT2D eigenvalue weighted by atomic mass is 16.3. The van der Waals surface area contributed by atoms with Crippen molar-refractivity contribution >= 4 is 5.69 Å². The largest absolute Gasteiger partial charge is 0.393 e. The summed E-state index contributed by atoms with van der Waals surface area (Å²) >= 11 is 0. The van der Waals surface area contributed by atoms with Crippen LogP contribution in [0.2, 0.25) is 0 Å². The highest BCUT2D eigenvalue weighted by Gasteiger charge is 2.18. The fraction of sp³-hybridized carbons (Fsp3) is 0.600. The molecule has 2 rings (SSSR count). The molecule has 2 N–H and O–H groups in total. The lowest BCUT2D eigenvalue weighted by atomic mass is 10.0. The summed E-state index contributed by atoms with van der Waals surface area (Å²) in [6, 6.07) is 11.2. The molecule has 1 atom stereocenters. The summed E-state index contributed by atoms with van der Waals surface area (Å²) in [5.41, 5.74) is 1.33. The first-order valence-electron chi connectivity index (χ1n) is 6.97. The Morgan fingerprint density at radius 2 is 1.94 bits per heavy atom. The van der Waals surface area contributed by atoms with E-state index in [1.54, 1.807) is 0 Å². The molecule has 0 spiro atoms. The second-order valence-corrected chi connectivity index (χ2v) is 5.19. The molecule has 1 aromatic carbocycles. The van der Waals surface area contributed by atoms with Gasteiger partial charge in [-0.05, 0) is 44.9 Å². The minimum absolute atomic E-state index is 0.193. The molecule has 1 aliphatic heterocycles. The summed E-state index contributed by atoms with van der Waals surface area (Å²) < 4.78 is 0. The van der Waals surface area contributed by atoms with Crippen LogP contribution in [0, 0.1) is 0 Å². The molecule has 1 saturated heterocycles. The Balaban J connectivity index is 1.71. The van der Waals surface area contributed by atoms with Gasteiger partial charge in [0.15, 0.2) is 0 Å². The Morgan fingerprint density at radius 1 is 1.28 bits per heavy atom. The maximum Gasteiger partial charge on any atom is 0.0524 e. The summed E-state index contributed by atoms with van der Waals surface area (Å²) in [6.07, 6.45) is 3.03. The number of piperidine rings is 1. The van der Waals surface area contributed by atoms with Crippen LogP contribution in [0.1, 0.15) is 26.2 Å². The van der Waals surface area contributed by atoms with Crippen molar-refractivity contribution in [1.29, 1.82) is 0 Å². The summed E-state index contributed by atoms with van der Waals surface area (Å²) in [5, 5.41) is 12.8. The normalized spacial score (nSPS) is 18.9. The van der Waals surface area contributed by atoms with Crippen molar-refractivity contribution in [3.63, 3.8) is 0 Å². The van der Waals surface area contributed by atoms with Gasteiger partial charge in [-0.3, -0.25) is 0 Å². The van der Waals surface area contributed by atoms with Gasteiger partial charge in [-0.1, -0.05) is 18.2 Å². The van der Waals surface area contributed by atoms with Crippen LogP contribution in [0.25, 0.3) is 0 Å². The van der Waals surface area contributed by atoms with E-state index in [2.05, 4.69) is 40.5 Å². The molecule has 0 bridgehead atoms. The Hall–Kier alpha value is -1.06. The summed E-state index contributed by atoms with van der Waals surface area (Å²) in [6.45, 7) is 5.01. The highest BCUT2D eigenvalue weighted by molar-refractivity contribution is 5.46. The van der Waals surface area contributed by atoms with Crippen LogP contribution in [0.15, 0.2) is 30.3 Å². The van der Waals surface area contributed by atoms with Crippen molar-refractivity contribution in [2.24, 2.45) is 0 Å². The Morgan fingerprint density at radius 3 is 2.56 bits per heavy atom. The molecular weight excluding hydrogens is 224 g/mol. The zero-order chi connectivity index (χ0) is 12.8. The van der Waals surface area contributed by atoms with E-state index < -0.39 is 0 Å². The number of nitrogens with zero attached hydrogens (tertiary/aromatic N) is 1. The predicted molar refractivity (Wildman–Crippen MR) is 76.0 cm³/mol. The van der Waals surface area contributed by atoms with E-state index in [0.29, 0.717) is 6.04 Å². The minimum Gasteiger partial charge on any atom is -0.393 e. The van der Waals surface area contributed by atoms with Crippen molar-refractivity contribution in [3.8, 4) is 0 Å². The number of aliphatic hydroxyl groups excluding tert-OH is 1. The Labute approximate surface area is 110 Å². The monoisotopic (exact) mass is 248 g/mol. The van der Waals surface area contributed by atoms with Crippen LogP contribution in [0.3, 0.4) is 0 Å². The smallest absolute Gasteiger partial charge is 0.0524 e. The van der Waals surface area contributed by atoms with E-state index in [4.69, 9.17) is 0 Å². The lowest BCUT2D eigenvalue weighted by Crippen LogP contribution is -2.43. The molecule has 3 heteroatoms. The number of para-hydroxylation sites is 1. The first-order chi connectivity index (χ1) is 8.75. The predicted octanol–water partition coefficient (Wildman–Crippen LogP) is 2.02. The van der Waals surface area contributed by atoms with Crippen molar-refractivity contribution in [2.45, 2.75) is 38.3 Å². The second kappa shape index (κ2) is 6.76. The van der Waals surface area contributed by atoms with Gasteiger partial charge in [0, 0.05) is 24.8 Å². The van der Waals surface area contributed by atoms with Gasteiger partial charge >= 0.3 is 0 Å². The van der Waals surface area contributed by atoms with Crippen LogP contribution in [-0.4, -0.2) is 36.9 Å². The molecule has 0 aromatic heterocycles. The third-order valence-electron chi connectivity index (χ3n) is 3.61. The number of aliphatic hydroxyl groups is 1. The molecule has 0 radical (unpaired) electrons. The average Bonchev–Trinajstić information content (AvgIpc) is 2.40. The number of hydrogen-bond donors (Lipinski definition) is 2. The van der Waals surface area contributed by atoms with Gasteiger partial charge in [-0.15, -0.1) is 0 Å². The molecule has 0 aliphatic carbocycles. The zero-order valence-electron chi connectivity index (χ0n) is 11.2. The van der Waals surface area contributed by atoms with Gasteiger partial charge in [0.25, 0.3) is 0 Å². The van der Waals surface area contributed by atoms with E-state index in [1.165, 1.54) is 18.5 Å². The van der Waals surface area contributed by atoms with Crippen LogP contribution < -0.4 is 10.2 Å². The second-order valence-electron chi connectivity index (χ2n) is 5.19. The molecule has 1 aliphatic rings. The van der Waals surface area contributed by atoms with Gasteiger partial charge in [0.05, 0.1) is 6.10 Å². The van der Waals surface area contributed by atoms with Crippen molar-refractivity contribution < 1.29 is 5.11 Å². The SMILES string of the molecule is CC(O)CCNC1CCN(c2ccccc2)CC1. The molecule has 100 valence electrons. The zero-order valence-corrected chi connectivity index (χ0v) is 11.2. The molecule has 0 amide bonds. The van der Waals surface area contributed by atoms with Gasteiger partial charge in [-0.25, -0.2) is 0 Å². The molecule has 1 aromatic rings. The summed E-state index contributed by atoms with van der Waals surface area (Å²) in [4.78, 5) is 2.45. The number of anilines is 1. The molecule has 1 heterocycles. The van der Waals surface area contributed by atoms with Crippen LogP contribution >= 0.6 is 0 Å². The van der Waals surface area contributed by atoms with Gasteiger partial charge in [-0.2, -0.15) is 0 Å². The van der Waals surface area contributed by atoms with Gasteiger partial charge in [0.1, 0.15) is 0 Å². The van der Waals surface area contributed by atoms with E-state index in [9.17, 15) is 5.11 Å². The standard InChI is InChI=1S/C15H24N2O/c1-13(18)7-10-16-14-8-11-17(12-9-14)15-5-3-2-4-6-15/h2-6,13-14,16,18H,7-12H2,1H3. The first-order valence-corrected chi connectivity index (χ1v) is 6.97. The third-order valence-corrected chi connectivity index (χ3v) is 3.61. The lowest BCUT2D eigenvalue weighted by Gasteiger charge is -2.34. The van der Waals surface area contributed by atoms with Crippen LogP contribution in [-0.2, 0) is 0 Å². The average molecular weight is 248 g/mol. The molecule has 1 fully saturated rings. The first kappa shape index (κ1) is 13.4. The number of nitrogens with one attached hydrogen (secondary N) is 1. The molecule has 3 nitrogen and oxygen atoms in total. The van der Waals surface area contributed by atoms with Crippen molar-refractivity contribution in [2.75, 3.05) is 24.5 Å². The quantitative estimate of drug-likeness (QED) is 0.837. The van der Waals surface area contributed by atoms with E-state index in [0.717, 1.165) is 26.1 Å². The Kier molecular flexibility index (Phi) is 5.02. The highest BCUT2D eigenvalue weighted by Crippen LogP contribution is 2.19. The van der Waals surface area contributed by atoms with Crippen molar-refractivity contribution in [3.05, 3.63) is 30.3 Å². The fourth-order valence-electron chi connectivity index (χ4n) is 2.48. The number of rotatable bonds is 5. The molecular formula is C15H24N2O. The molecule has 1 unspecified atom stereocenters. The topological polar surface area (TPSA) is 35.5 Å². The van der Waals surface area contributed by atoms with Crippen LogP contribution in [0.4, 0.5) is 5.69 Å². The van der Waals surface area contributed by atoms with Gasteiger partial charge < -0.3 is 15.3 Å². The molecule has 0 saturated carbocycles. The van der Waals surface area contributed by atoms with Crippen LogP contribution in [0.5, 0.6) is 0 Å². The number of benzene rings is 1. The maximum absolute atomic E-state index is 9.22.